The van der Waals surface area contributed by atoms with Gasteiger partial charge in [0.1, 0.15) is 0 Å². The van der Waals surface area contributed by atoms with Gasteiger partial charge in [0.05, 0.1) is 11.9 Å². The van der Waals surface area contributed by atoms with Crippen LogP contribution in [0, 0.1) is 29.6 Å². The van der Waals surface area contributed by atoms with Crippen molar-refractivity contribution in [3.63, 3.8) is 0 Å². The summed E-state index contributed by atoms with van der Waals surface area (Å²) in [6, 6.07) is 0. The molecule has 1 atom stereocenters. The standard InChI is InChI=1S/C16H25N3/c1-16(9-17,19-3-2-18-10-19)15-13-5-11-4-12(7-13)8-14(15)6-11/h2-3,10-15H,4-9,17H2,1H3. The number of nitrogens with zero attached hydrogens (tertiary/aromatic N) is 2. The van der Waals surface area contributed by atoms with E-state index in [-0.39, 0.29) is 5.54 Å². The van der Waals surface area contributed by atoms with E-state index in [4.69, 9.17) is 5.73 Å². The van der Waals surface area contributed by atoms with Gasteiger partial charge in [-0.2, -0.15) is 0 Å². The zero-order valence-corrected chi connectivity index (χ0v) is 11.8. The van der Waals surface area contributed by atoms with E-state index in [9.17, 15) is 0 Å². The first-order chi connectivity index (χ1) is 9.20. The fourth-order valence-corrected chi connectivity index (χ4v) is 5.92. The van der Waals surface area contributed by atoms with Crippen LogP contribution in [0.25, 0.3) is 0 Å². The van der Waals surface area contributed by atoms with E-state index in [1.54, 1.807) is 0 Å². The molecule has 3 heteroatoms. The van der Waals surface area contributed by atoms with Crippen LogP contribution >= 0.6 is 0 Å². The van der Waals surface area contributed by atoms with E-state index in [2.05, 4.69) is 22.7 Å². The van der Waals surface area contributed by atoms with E-state index in [1.165, 1.54) is 32.1 Å². The highest BCUT2D eigenvalue weighted by atomic mass is 15.1. The number of imidazole rings is 1. The van der Waals surface area contributed by atoms with Gasteiger partial charge in [0.15, 0.2) is 0 Å². The molecule has 0 aliphatic heterocycles. The first kappa shape index (κ1) is 12.0. The van der Waals surface area contributed by atoms with Crippen molar-refractivity contribution in [2.75, 3.05) is 6.54 Å². The van der Waals surface area contributed by atoms with E-state index >= 15 is 0 Å². The van der Waals surface area contributed by atoms with Crippen LogP contribution in [-0.2, 0) is 5.54 Å². The number of aromatic nitrogens is 2. The van der Waals surface area contributed by atoms with Crippen molar-refractivity contribution >= 4 is 0 Å². The van der Waals surface area contributed by atoms with Gasteiger partial charge in [0.25, 0.3) is 0 Å². The highest BCUT2D eigenvalue weighted by Gasteiger charge is 2.54. The van der Waals surface area contributed by atoms with Crippen molar-refractivity contribution < 1.29 is 0 Å². The molecule has 4 fully saturated rings. The zero-order valence-electron chi connectivity index (χ0n) is 11.8. The van der Waals surface area contributed by atoms with Crippen molar-refractivity contribution in [1.29, 1.82) is 0 Å². The first-order valence-corrected chi connectivity index (χ1v) is 7.89. The number of rotatable bonds is 3. The van der Waals surface area contributed by atoms with Gasteiger partial charge in [-0.1, -0.05) is 0 Å². The molecule has 4 saturated carbocycles. The van der Waals surface area contributed by atoms with Crippen LogP contribution in [0.2, 0.25) is 0 Å². The highest BCUT2D eigenvalue weighted by Crippen LogP contribution is 2.60. The Balaban J connectivity index is 1.71. The number of hydrogen-bond donors (Lipinski definition) is 1. The quantitative estimate of drug-likeness (QED) is 0.907. The smallest absolute Gasteiger partial charge is 0.0951 e. The van der Waals surface area contributed by atoms with Crippen LogP contribution in [-0.4, -0.2) is 16.1 Å². The fourth-order valence-electron chi connectivity index (χ4n) is 5.92. The monoisotopic (exact) mass is 259 g/mol. The molecule has 4 aliphatic rings. The fraction of sp³-hybridized carbons (Fsp3) is 0.812. The maximum absolute atomic E-state index is 6.23. The minimum absolute atomic E-state index is 0.0686. The number of hydrogen-bond acceptors (Lipinski definition) is 2. The zero-order chi connectivity index (χ0) is 13.0. The molecule has 1 aromatic heterocycles. The molecule has 4 aliphatic carbocycles. The summed E-state index contributed by atoms with van der Waals surface area (Å²) in [6.45, 7) is 3.10. The Morgan fingerprint density at radius 1 is 1.16 bits per heavy atom. The Labute approximate surface area is 115 Å². The van der Waals surface area contributed by atoms with Crippen molar-refractivity contribution in [3.05, 3.63) is 18.7 Å². The normalized spacial score (nSPS) is 43.4. The summed E-state index contributed by atoms with van der Waals surface area (Å²) >= 11 is 0. The second-order valence-corrected chi connectivity index (χ2v) is 7.49. The molecular formula is C16H25N3. The second kappa shape index (κ2) is 4.08. The summed E-state index contributed by atoms with van der Waals surface area (Å²) in [5, 5.41) is 0. The summed E-state index contributed by atoms with van der Waals surface area (Å²) in [5.41, 5.74) is 6.30. The molecule has 5 rings (SSSR count). The predicted molar refractivity (Wildman–Crippen MR) is 75.5 cm³/mol. The first-order valence-electron chi connectivity index (χ1n) is 7.89. The molecular weight excluding hydrogens is 234 g/mol. The van der Waals surface area contributed by atoms with Crippen LogP contribution in [0.1, 0.15) is 39.0 Å². The van der Waals surface area contributed by atoms with Crippen LogP contribution in [0.15, 0.2) is 18.7 Å². The predicted octanol–water partition coefficient (Wildman–Crippen LogP) is 2.63. The molecule has 104 valence electrons. The summed E-state index contributed by atoms with van der Waals surface area (Å²) in [4.78, 5) is 4.26. The molecule has 2 N–H and O–H groups in total. The van der Waals surface area contributed by atoms with E-state index < -0.39 is 0 Å². The van der Waals surface area contributed by atoms with E-state index in [0.29, 0.717) is 0 Å². The Morgan fingerprint density at radius 2 is 1.79 bits per heavy atom. The van der Waals surface area contributed by atoms with Gasteiger partial charge in [-0.3, -0.25) is 0 Å². The molecule has 0 aromatic carbocycles. The van der Waals surface area contributed by atoms with Gasteiger partial charge < -0.3 is 10.3 Å². The lowest BCUT2D eigenvalue weighted by molar-refractivity contribution is -0.0840. The van der Waals surface area contributed by atoms with Crippen LogP contribution < -0.4 is 5.73 Å². The molecule has 0 radical (unpaired) electrons. The van der Waals surface area contributed by atoms with Crippen LogP contribution in [0.3, 0.4) is 0 Å². The molecule has 1 unspecified atom stereocenters. The maximum Gasteiger partial charge on any atom is 0.0951 e. The molecule has 0 amide bonds. The van der Waals surface area contributed by atoms with Crippen molar-refractivity contribution in [1.82, 2.24) is 9.55 Å². The minimum atomic E-state index is 0.0686. The molecule has 0 saturated heterocycles. The summed E-state index contributed by atoms with van der Waals surface area (Å²) in [7, 11) is 0. The summed E-state index contributed by atoms with van der Waals surface area (Å²) < 4.78 is 2.29. The van der Waals surface area contributed by atoms with Crippen molar-refractivity contribution in [2.24, 2.45) is 35.3 Å². The average Bonchev–Trinajstić information content (AvgIpc) is 2.91. The number of nitrogens with two attached hydrogens (primary N) is 1. The van der Waals surface area contributed by atoms with Gasteiger partial charge in [-0.05, 0) is 68.6 Å². The average molecular weight is 259 g/mol. The summed E-state index contributed by atoms with van der Waals surface area (Å²) in [5.74, 6) is 4.64. The Morgan fingerprint density at radius 3 is 2.26 bits per heavy atom. The van der Waals surface area contributed by atoms with Gasteiger partial charge in [-0.25, -0.2) is 4.98 Å². The lowest BCUT2D eigenvalue weighted by atomic mass is 9.48. The molecule has 0 spiro atoms. The second-order valence-electron chi connectivity index (χ2n) is 7.49. The van der Waals surface area contributed by atoms with E-state index in [1.807, 2.05) is 12.5 Å². The Kier molecular flexibility index (Phi) is 2.57. The topological polar surface area (TPSA) is 43.8 Å². The third-order valence-corrected chi connectivity index (χ3v) is 6.45. The van der Waals surface area contributed by atoms with Gasteiger partial charge in [0.2, 0.25) is 0 Å². The molecule has 1 heterocycles. The molecule has 3 nitrogen and oxygen atoms in total. The third kappa shape index (κ3) is 1.63. The van der Waals surface area contributed by atoms with Crippen LogP contribution in [0.5, 0.6) is 0 Å². The largest absolute Gasteiger partial charge is 0.330 e. The molecule has 1 aromatic rings. The lowest BCUT2D eigenvalue weighted by Gasteiger charge is -2.59. The highest BCUT2D eigenvalue weighted by molar-refractivity contribution is 5.06. The molecule has 4 bridgehead atoms. The Hall–Kier alpha value is -0.830. The van der Waals surface area contributed by atoms with Crippen LogP contribution in [0.4, 0.5) is 0 Å². The Bertz CT molecular complexity index is 425. The van der Waals surface area contributed by atoms with Gasteiger partial charge in [-0.15, -0.1) is 0 Å². The van der Waals surface area contributed by atoms with Crippen molar-refractivity contribution in [3.8, 4) is 0 Å². The van der Waals surface area contributed by atoms with Crippen molar-refractivity contribution in [2.45, 2.75) is 44.6 Å². The van der Waals surface area contributed by atoms with Gasteiger partial charge in [0, 0.05) is 18.9 Å². The lowest BCUT2D eigenvalue weighted by Crippen LogP contribution is -2.57. The molecule has 19 heavy (non-hydrogen) atoms. The maximum atomic E-state index is 6.23. The minimum Gasteiger partial charge on any atom is -0.330 e. The SMILES string of the molecule is CC(CN)(C1C2CC3CC(C2)CC1C3)n1ccnc1. The third-order valence-electron chi connectivity index (χ3n) is 6.45. The van der Waals surface area contributed by atoms with Gasteiger partial charge >= 0.3 is 0 Å². The van der Waals surface area contributed by atoms with E-state index in [0.717, 1.165) is 36.1 Å². The summed E-state index contributed by atoms with van der Waals surface area (Å²) in [6.07, 6.45) is 13.3.